The molecular formula is C20H20ClNO3. The highest BCUT2D eigenvalue weighted by molar-refractivity contribution is 6.30. The van der Waals surface area contributed by atoms with Gasteiger partial charge in [-0.05, 0) is 60.7 Å². The first-order valence-corrected chi connectivity index (χ1v) is 8.75. The van der Waals surface area contributed by atoms with E-state index in [1.807, 2.05) is 19.1 Å². The van der Waals surface area contributed by atoms with E-state index >= 15 is 0 Å². The van der Waals surface area contributed by atoms with E-state index in [1.54, 1.807) is 36.4 Å². The van der Waals surface area contributed by atoms with Crippen molar-refractivity contribution < 1.29 is 14.3 Å². The fourth-order valence-corrected chi connectivity index (χ4v) is 2.72. The summed E-state index contributed by atoms with van der Waals surface area (Å²) in [6.45, 7) is 2.58. The van der Waals surface area contributed by atoms with Crippen LogP contribution < -0.4 is 10.1 Å². The Morgan fingerprint density at radius 1 is 1.12 bits per heavy atom. The van der Waals surface area contributed by atoms with Gasteiger partial charge in [-0.3, -0.25) is 9.59 Å². The summed E-state index contributed by atoms with van der Waals surface area (Å²) in [6.07, 6.45) is 1.62. The Bertz CT molecular complexity index is 756. The molecule has 0 saturated heterocycles. The zero-order chi connectivity index (χ0) is 17.8. The lowest BCUT2D eigenvalue weighted by Gasteiger charge is -2.07. The highest BCUT2D eigenvalue weighted by atomic mass is 35.5. The SMILES string of the molecule is CC1CC1C(=O)Oc1ccc(CCNC(=O)c2ccc(Cl)cc2)cc1. The molecule has 0 aromatic heterocycles. The van der Waals surface area contributed by atoms with Gasteiger partial charge >= 0.3 is 5.97 Å². The van der Waals surface area contributed by atoms with Gasteiger partial charge in [0.25, 0.3) is 5.91 Å². The molecule has 2 atom stereocenters. The molecule has 1 N–H and O–H groups in total. The van der Waals surface area contributed by atoms with Crippen LogP contribution in [-0.2, 0) is 11.2 Å². The summed E-state index contributed by atoms with van der Waals surface area (Å²) in [7, 11) is 0. The average Bonchev–Trinajstić information content (AvgIpc) is 3.34. The number of ether oxygens (including phenoxy) is 1. The first-order valence-electron chi connectivity index (χ1n) is 8.37. The van der Waals surface area contributed by atoms with Crippen LogP contribution in [0.2, 0.25) is 5.02 Å². The van der Waals surface area contributed by atoms with Gasteiger partial charge in [0.1, 0.15) is 5.75 Å². The average molecular weight is 358 g/mol. The van der Waals surface area contributed by atoms with Crippen molar-refractivity contribution in [2.24, 2.45) is 11.8 Å². The Morgan fingerprint density at radius 2 is 1.76 bits per heavy atom. The van der Waals surface area contributed by atoms with E-state index in [0.717, 1.165) is 12.0 Å². The number of hydrogen-bond acceptors (Lipinski definition) is 3. The molecule has 0 aliphatic heterocycles. The molecule has 2 aromatic carbocycles. The fraction of sp³-hybridized carbons (Fsp3) is 0.300. The third kappa shape index (κ3) is 4.83. The van der Waals surface area contributed by atoms with Crippen LogP contribution in [0.15, 0.2) is 48.5 Å². The van der Waals surface area contributed by atoms with E-state index in [-0.39, 0.29) is 17.8 Å². The number of amides is 1. The number of halogens is 1. The zero-order valence-corrected chi connectivity index (χ0v) is 14.8. The van der Waals surface area contributed by atoms with Gasteiger partial charge < -0.3 is 10.1 Å². The van der Waals surface area contributed by atoms with E-state index in [0.29, 0.717) is 35.2 Å². The summed E-state index contributed by atoms with van der Waals surface area (Å²) in [5.74, 6) is 0.799. The van der Waals surface area contributed by atoms with Gasteiger partial charge in [-0.15, -0.1) is 0 Å². The van der Waals surface area contributed by atoms with Crippen molar-refractivity contribution in [3.05, 3.63) is 64.7 Å². The van der Waals surface area contributed by atoms with E-state index < -0.39 is 0 Å². The smallest absolute Gasteiger partial charge is 0.314 e. The molecule has 1 aliphatic carbocycles. The first kappa shape index (κ1) is 17.5. The third-order valence-electron chi connectivity index (χ3n) is 4.36. The minimum absolute atomic E-state index is 0.0581. The molecule has 2 aromatic rings. The predicted molar refractivity (Wildman–Crippen MR) is 96.8 cm³/mol. The Labute approximate surface area is 152 Å². The third-order valence-corrected chi connectivity index (χ3v) is 4.61. The Kier molecular flexibility index (Phi) is 5.39. The highest BCUT2D eigenvalue weighted by Gasteiger charge is 2.40. The molecule has 0 heterocycles. The molecular weight excluding hydrogens is 338 g/mol. The quantitative estimate of drug-likeness (QED) is 0.630. The van der Waals surface area contributed by atoms with Crippen molar-refractivity contribution in [1.29, 1.82) is 0 Å². The fourth-order valence-electron chi connectivity index (χ4n) is 2.59. The Hall–Kier alpha value is -2.33. The Balaban J connectivity index is 1.44. The Morgan fingerprint density at radius 3 is 2.36 bits per heavy atom. The van der Waals surface area contributed by atoms with Crippen LogP contribution in [0, 0.1) is 11.8 Å². The monoisotopic (exact) mass is 357 g/mol. The van der Waals surface area contributed by atoms with Gasteiger partial charge in [-0.2, -0.15) is 0 Å². The van der Waals surface area contributed by atoms with Crippen molar-refractivity contribution in [2.75, 3.05) is 6.54 Å². The predicted octanol–water partition coefficient (Wildman–Crippen LogP) is 3.87. The first-order chi connectivity index (χ1) is 12.0. The summed E-state index contributed by atoms with van der Waals surface area (Å²) in [5.41, 5.74) is 1.65. The molecule has 5 heteroatoms. The second kappa shape index (κ2) is 7.70. The number of nitrogens with one attached hydrogen (secondary N) is 1. The second-order valence-electron chi connectivity index (χ2n) is 6.40. The summed E-state index contributed by atoms with van der Waals surface area (Å²) in [6, 6.07) is 14.2. The number of carbonyl (C=O) groups excluding carboxylic acids is 2. The van der Waals surface area contributed by atoms with Gasteiger partial charge in [-0.25, -0.2) is 0 Å². The molecule has 3 rings (SSSR count). The maximum Gasteiger partial charge on any atom is 0.314 e. The number of carbonyl (C=O) groups is 2. The molecule has 1 saturated carbocycles. The molecule has 4 nitrogen and oxygen atoms in total. The summed E-state index contributed by atoms with van der Waals surface area (Å²) in [4.78, 5) is 23.8. The highest BCUT2D eigenvalue weighted by Crippen LogP contribution is 2.38. The molecule has 2 unspecified atom stereocenters. The van der Waals surface area contributed by atoms with Crippen LogP contribution in [0.25, 0.3) is 0 Å². The van der Waals surface area contributed by atoms with Crippen LogP contribution in [0.3, 0.4) is 0 Å². The maximum atomic E-state index is 12.0. The molecule has 0 spiro atoms. The van der Waals surface area contributed by atoms with Crippen molar-refractivity contribution >= 4 is 23.5 Å². The van der Waals surface area contributed by atoms with Crippen molar-refractivity contribution in [3.8, 4) is 5.75 Å². The normalized spacial score (nSPS) is 18.5. The minimum atomic E-state index is -0.143. The van der Waals surface area contributed by atoms with Gasteiger partial charge in [0.2, 0.25) is 0 Å². The van der Waals surface area contributed by atoms with Gasteiger partial charge in [0, 0.05) is 17.1 Å². The standard InChI is InChI=1S/C20H20ClNO3/c1-13-12-18(13)20(24)25-17-8-2-14(3-9-17)10-11-22-19(23)15-4-6-16(21)7-5-15/h2-9,13,18H,10-12H2,1H3,(H,22,23). The van der Waals surface area contributed by atoms with Crippen LogP contribution >= 0.6 is 11.6 Å². The van der Waals surface area contributed by atoms with Gasteiger partial charge in [-0.1, -0.05) is 30.7 Å². The topological polar surface area (TPSA) is 55.4 Å². The van der Waals surface area contributed by atoms with Crippen molar-refractivity contribution in [3.63, 3.8) is 0 Å². The van der Waals surface area contributed by atoms with Gasteiger partial charge in [0.15, 0.2) is 0 Å². The molecule has 1 fully saturated rings. The summed E-state index contributed by atoms with van der Waals surface area (Å²) >= 11 is 5.81. The second-order valence-corrected chi connectivity index (χ2v) is 6.83. The molecule has 130 valence electrons. The van der Waals surface area contributed by atoms with E-state index in [1.165, 1.54) is 0 Å². The van der Waals surface area contributed by atoms with Crippen molar-refractivity contribution in [1.82, 2.24) is 5.32 Å². The van der Waals surface area contributed by atoms with Crippen LogP contribution in [-0.4, -0.2) is 18.4 Å². The number of esters is 1. The number of rotatable bonds is 6. The molecule has 1 aliphatic rings. The zero-order valence-electron chi connectivity index (χ0n) is 14.0. The van der Waals surface area contributed by atoms with E-state index in [9.17, 15) is 9.59 Å². The molecule has 0 radical (unpaired) electrons. The number of benzene rings is 2. The molecule has 1 amide bonds. The lowest BCUT2D eigenvalue weighted by molar-refractivity contribution is -0.136. The van der Waals surface area contributed by atoms with E-state index in [4.69, 9.17) is 16.3 Å². The summed E-state index contributed by atoms with van der Waals surface area (Å²) < 4.78 is 5.35. The van der Waals surface area contributed by atoms with Crippen LogP contribution in [0.4, 0.5) is 0 Å². The number of hydrogen-bond donors (Lipinski definition) is 1. The van der Waals surface area contributed by atoms with Crippen molar-refractivity contribution in [2.45, 2.75) is 19.8 Å². The molecule has 0 bridgehead atoms. The van der Waals surface area contributed by atoms with Gasteiger partial charge in [0.05, 0.1) is 5.92 Å². The van der Waals surface area contributed by atoms with Crippen LogP contribution in [0.5, 0.6) is 5.75 Å². The van der Waals surface area contributed by atoms with Crippen LogP contribution in [0.1, 0.15) is 29.3 Å². The lowest BCUT2D eigenvalue weighted by Crippen LogP contribution is -2.25. The molecule has 25 heavy (non-hydrogen) atoms. The summed E-state index contributed by atoms with van der Waals surface area (Å²) in [5, 5.41) is 3.48. The van der Waals surface area contributed by atoms with E-state index in [2.05, 4.69) is 5.32 Å². The maximum absolute atomic E-state index is 12.0. The minimum Gasteiger partial charge on any atom is -0.426 e. The lowest BCUT2D eigenvalue weighted by atomic mass is 10.1. The largest absolute Gasteiger partial charge is 0.426 e.